The third-order valence-electron chi connectivity index (χ3n) is 2.79. The molecule has 0 amide bonds. The summed E-state index contributed by atoms with van der Waals surface area (Å²) in [6.45, 7) is 2.04. The minimum absolute atomic E-state index is 0.0599. The predicted octanol–water partition coefficient (Wildman–Crippen LogP) is 5.51. The minimum Gasteiger partial charge on any atom is -0.399 e. The largest absolute Gasteiger partial charge is 0.399 e. The number of hydrogen-bond donors (Lipinski definition) is 2. The summed E-state index contributed by atoms with van der Waals surface area (Å²) in [5.74, 6) is 0. The molecule has 0 fully saturated rings. The van der Waals surface area contributed by atoms with Crippen molar-refractivity contribution in [3.8, 4) is 0 Å². The summed E-state index contributed by atoms with van der Waals surface area (Å²) in [4.78, 5) is 0. The SMILES string of the molecule is CC(Nc1ccc(N)cc1Br)c1ccc(Cl)cc1Cl. The number of hydrogen-bond acceptors (Lipinski definition) is 2. The lowest BCUT2D eigenvalue weighted by Crippen LogP contribution is -2.07. The number of nitrogens with one attached hydrogen (secondary N) is 1. The van der Waals surface area contributed by atoms with Gasteiger partial charge < -0.3 is 11.1 Å². The number of benzene rings is 2. The lowest BCUT2D eigenvalue weighted by Gasteiger charge is -2.18. The average molecular weight is 360 g/mol. The van der Waals surface area contributed by atoms with Crippen molar-refractivity contribution in [3.05, 3.63) is 56.5 Å². The lowest BCUT2D eigenvalue weighted by molar-refractivity contribution is 0.884. The first-order valence-corrected chi connectivity index (χ1v) is 7.29. The molecule has 0 saturated carbocycles. The van der Waals surface area contributed by atoms with Crippen molar-refractivity contribution in [2.45, 2.75) is 13.0 Å². The molecule has 2 rings (SSSR count). The van der Waals surface area contributed by atoms with Crippen LogP contribution in [0.5, 0.6) is 0 Å². The molecule has 1 unspecified atom stereocenters. The van der Waals surface area contributed by atoms with Crippen molar-refractivity contribution in [2.24, 2.45) is 0 Å². The fourth-order valence-electron chi connectivity index (χ4n) is 1.81. The van der Waals surface area contributed by atoms with Gasteiger partial charge >= 0.3 is 0 Å². The molecule has 2 aromatic carbocycles. The van der Waals surface area contributed by atoms with Gasteiger partial charge in [-0.15, -0.1) is 0 Å². The van der Waals surface area contributed by atoms with Crippen LogP contribution in [0.4, 0.5) is 11.4 Å². The van der Waals surface area contributed by atoms with Crippen LogP contribution in [-0.2, 0) is 0 Å². The number of rotatable bonds is 3. The van der Waals surface area contributed by atoms with E-state index in [2.05, 4.69) is 21.2 Å². The Balaban J connectivity index is 2.23. The number of anilines is 2. The Morgan fingerprint density at radius 2 is 1.89 bits per heavy atom. The van der Waals surface area contributed by atoms with Crippen LogP contribution in [-0.4, -0.2) is 0 Å². The van der Waals surface area contributed by atoms with Crippen molar-refractivity contribution in [3.63, 3.8) is 0 Å². The normalized spacial score (nSPS) is 12.2. The smallest absolute Gasteiger partial charge is 0.0500 e. The Hall–Kier alpha value is -0.900. The molecule has 0 spiro atoms. The van der Waals surface area contributed by atoms with E-state index in [0.717, 1.165) is 21.4 Å². The zero-order valence-corrected chi connectivity index (χ0v) is 13.4. The van der Waals surface area contributed by atoms with Crippen LogP contribution in [0.1, 0.15) is 18.5 Å². The molecule has 0 aliphatic heterocycles. The highest BCUT2D eigenvalue weighted by Crippen LogP contribution is 2.31. The van der Waals surface area contributed by atoms with Gasteiger partial charge in [0.1, 0.15) is 0 Å². The molecule has 0 radical (unpaired) electrons. The van der Waals surface area contributed by atoms with Gasteiger partial charge in [-0.2, -0.15) is 0 Å². The summed E-state index contributed by atoms with van der Waals surface area (Å²) < 4.78 is 0.921. The third kappa shape index (κ3) is 3.56. The second kappa shape index (κ2) is 6.04. The van der Waals surface area contributed by atoms with E-state index in [1.54, 1.807) is 6.07 Å². The molecule has 0 saturated heterocycles. The van der Waals surface area contributed by atoms with Crippen molar-refractivity contribution in [2.75, 3.05) is 11.1 Å². The van der Waals surface area contributed by atoms with E-state index in [-0.39, 0.29) is 6.04 Å². The van der Waals surface area contributed by atoms with E-state index in [0.29, 0.717) is 10.0 Å². The van der Waals surface area contributed by atoms with Crippen LogP contribution < -0.4 is 11.1 Å². The fraction of sp³-hybridized carbons (Fsp3) is 0.143. The molecule has 19 heavy (non-hydrogen) atoms. The summed E-state index contributed by atoms with van der Waals surface area (Å²) in [7, 11) is 0. The van der Waals surface area contributed by atoms with Gasteiger partial charge in [0.15, 0.2) is 0 Å². The van der Waals surface area contributed by atoms with E-state index in [9.17, 15) is 0 Å². The molecule has 2 aromatic rings. The van der Waals surface area contributed by atoms with E-state index >= 15 is 0 Å². The van der Waals surface area contributed by atoms with Gasteiger partial charge in [-0.3, -0.25) is 0 Å². The summed E-state index contributed by atoms with van der Waals surface area (Å²) in [6, 6.07) is 11.2. The van der Waals surface area contributed by atoms with Gasteiger partial charge in [0.05, 0.1) is 6.04 Å². The van der Waals surface area contributed by atoms with Crippen molar-refractivity contribution < 1.29 is 0 Å². The highest BCUT2D eigenvalue weighted by atomic mass is 79.9. The summed E-state index contributed by atoms with van der Waals surface area (Å²) in [6.07, 6.45) is 0. The quantitative estimate of drug-likeness (QED) is 0.709. The molecular weight excluding hydrogens is 347 g/mol. The standard InChI is InChI=1S/C14H13BrCl2N2/c1-8(11-4-2-9(16)6-13(11)17)19-14-5-3-10(18)7-12(14)15/h2-8,19H,18H2,1H3. The molecule has 2 nitrogen and oxygen atoms in total. The molecular formula is C14H13BrCl2N2. The maximum Gasteiger partial charge on any atom is 0.0500 e. The van der Waals surface area contributed by atoms with Gasteiger partial charge in [-0.25, -0.2) is 0 Å². The summed E-state index contributed by atoms with van der Waals surface area (Å²) in [5, 5.41) is 4.67. The Morgan fingerprint density at radius 3 is 2.53 bits per heavy atom. The predicted molar refractivity (Wildman–Crippen MR) is 87.1 cm³/mol. The second-order valence-corrected chi connectivity index (χ2v) is 5.97. The summed E-state index contributed by atoms with van der Waals surface area (Å²) >= 11 is 15.6. The first-order valence-electron chi connectivity index (χ1n) is 5.74. The fourth-order valence-corrected chi connectivity index (χ4v) is 2.90. The van der Waals surface area contributed by atoms with Crippen LogP contribution in [0.15, 0.2) is 40.9 Å². The Morgan fingerprint density at radius 1 is 1.16 bits per heavy atom. The van der Waals surface area contributed by atoms with Crippen LogP contribution in [0, 0.1) is 0 Å². The topological polar surface area (TPSA) is 38.0 Å². The zero-order chi connectivity index (χ0) is 14.0. The molecule has 5 heteroatoms. The van der Waals surface area contributed by atoms with Crippen LogP contribution in [0.3, 0.4) is 0 Å². The maximum atomic E-state index is 6.20. The molecule has 0 heterocycles. The second-order valence-electron chi connectivity index (χ2n) is 4.27. The first kappa shape index (κ1) is 14.5. The molecule has 0 aliphatic rings. The van der Waals surface area contributed by atoms with Gasteiger partial charge in [-0.1, -0.05) is 29.3 Å². The Bertz CT molecular complexity index is 602. The molecule has 0 bridgehead atoms. The van der Waals surface area contributed by atoms with Crippen molar-refractivity contribution >= 4 is 50.5 Å². The van der Waals surface area contributed by atoms with E-state index in [1.165, 1.54) is 0 Å². The third-order valence-corrected chi connectivity index (χ3v) is 4.01. The highest BCUT2D eigenvalue weighted by molar-refractivity contribution is 9.10. The number of halogens is 3. The molecule has 1 atom stereocenters. The first-order chi connectivity index (χ1) is 8.97. The molecule has 0 aromatic heterocycles. The number of nitrogens with two attached hydrogens (primary N) is 1. The lowest BCUT2D eigenvalue weighted by atomic mass is 10.1. The van der Waals surface area contributed by atoms with Gasteiger partial charge in [0, 0.05) is 25.9 Å². The highest BCUT2D eigenvalue weighted by Gasteiger charge is 2.11. The van der Waals surface area contributed by atoms with Crippen LogP contribution in [0.25, 0.3) is 0 Å². The molecule has 100 valence electrons. The average Bonchev–Trinajstić information content (AvgIpc) is 2.32. The zero-order valence-electron chi connectivity index (χ0n) is 10.3. The molecule has 0 aliphatic carbocycles. The van der Waals surface area contributed by atoms with Crippen LogP contribution in [0.2, 0.25) is 10.0 Å². The summed E-state index contributed by atoms with van der Waals surface area (Å²) in [5.41, 5.74) is 8.39. The van der Waals surface area contributed by atoms with Gasteiger partial charge in [-0.05, 0) is 58.7 Å². The Kier molecular flexibility index (Phi) is 4.61. The maximum absolute atomic E-state index is 6.20. The van der Waals surface area contributed by atoms with E-state index in [4.69, 9.17) is 28.9 Å². The van der Waals surface area contributed by atoms with E-state index < -0.39 is 0 Å². The van der Waals surface area contributed by atoms with Gasteiger partial charge in [0.25, 0.3) is 0 Å². The van der Waals surface area contributed by atoms with Crippen molar-refractivity contribution in [1.29, 1.82) is 0 Å². The van der Waals surface area contributed by atoms with E-state index in [1.807, 2.05) is 37.3 Å². The van der Waals surface area contributed by atoms with Crippen LogP contribution >= 0.6 is 39.1 Å². The monoisotopic (exact) mass is 358 g/mol. The molecule has 3 N–H and O–H groups in total. The van der Waals surface area contributed by atoms with Gasteiger partial charge in [0.2, 0.25) is 0 Å². The van der Waals surface area contributed by atoms with Crippen molar-refractivity contribution in [1.82, 2.24) is 0 Å². The Labute approximate surface area is 131 Å². The number of nitrogen functional groups attached to an aromatic ring is 1. The minimum atomic E-state index is 0.0599.